The number of hydrogen-bond acceptors (Lipinski definition) is 6. The zero-order valence-electron chi connectivity index (χ0n) is 13.1. The van der Waals surface area contributed by atoms with Crippen LogP contribution in [0.3, 0.4) is 0 Å². The molecule has 0 saturated carbocycles. The SMILES string of the molecule is CCCNC(=O)c1nc(-c2ccc(N3CCOCC3)cc2)no1. The van der Waals surface area contributed by atoms with Gasteiger partial charge in [0.1, 0.15) is 0 Å². The van der Waals surface area contributed by atoms with Crippen molar-refractivity contribution in [1.29, 1.82) is 0 Å². The van der Waals surface area contributed by atoms with Crippen molar-refractivity contribution in [2.24, 2.45) is 0 Å². The van der Waals surface area contributed by atoms with Crippen LogP contribution in [0.15, 0.2) is 28.8 Å². The number of rotatable bonds is 5. The molecule has 0 radical (unpaired) electrons. The van der Waals surface area contributed by atoms with E-state index in [-0.39, 0.29) is 11.8 Å². The van der Waals surface area contributed by atoms with Gasteiger partial charge in [0.05, 0.1) is 13.2 Å². The highest BCUT2D eigenvalue weighted by Crippen LogP contribution is 2.21. The normalized spacial score (nSPS) is 14.7. The van der Waals surface area contributed by atoms with E-state index in [1.165, 1.54) is 0 Å². The number of amides is 1. The van der Waals surface area contributed by atoms with Crippen LogP contribution in [0.4, 0.5) is 5.69 Å². The van der Waals surface area contributed by atoms with Crippen molar-refractivity contribution in [3.05, 3.63) is 30.2 Å². The van der Waals surface area contributed by atoms with Crippen LogP contribution in [0.25, 0.3) is 11.4 Å². The number of anilines is 1. The van der Waals surface area contributed by atoms with E-state index in [4.69, 9.17) is 9.26 Å². The monoisotopic (exact) mass is 316 g/mol. The maximum absolute atomic E-state index is 11.8. The van der Waals surface area contributed by atoms with Crippen molar-refractivity contribution in [2.45, 2.75) is 13.3 Å². The molecule has 1 amide bonds. The maximum Gasteiger partial charge on any atom is 0.316 e. The molecular formula is C16H20N4O3. The summed E-state index contributed by atoms with van der Waals surface area (Å²) in [6.07, 6.45) is 0.857. The Morgan fingerprint density at radius 3 is 2.70 bits per heavy atom. The predicted octanol–water partition coefficient (Wildman–Crippen LogP) is 1.71. The lowest BCUT2D eigenvalue weighted by Crippen LogP contribution is -2.36. The number of nitrogens with zero attached hydrogens (tertiary/aromatic N) is 3. The van der Waals surface area contributed by atoms with Crippen molar-refractivity contribution in [1.82, 2.24) is 15.5 Å². The molecule has 0 bridgehead atoms. The van der Waals surface area contributed by atoms with Gasteiger partial charge >= 0.3 is 11.8 Å². The maximum atomic E-state index is 11.8. The van der Waals surface area contributed by atoms with Gasteiger partial charge in [-0.25, -0.2) is 0 Å². The minimum Gasteiger partial charge on any atom is -0.378 e. The summed E-state index contributed by atoms with van der Waals surface area (Å²) < 4.78 is 10.4. The molecule has 0 atom stereocenters. The fraction of sp³-hybridized carbons (Fsp3) is 0.438. The molecule has 2 heterocycles. The average Bonchev–Trinajstić information content (AvgIpc) is 3.11. The zero-order valence-corrected chi connectivity index (χ0v) is 13.1. The Morgan fingerprint density at radius 1 is 1.26 bits per heavy atom. The van der Waals surface area contributed by atoms with E-state index < -0.39 is 0 Å². The lowest BCUT2D eigenvalue weighted by Gasteiger charge is -2.28. The van der Waals surface area contributed by atoms with E-state index in [0.717, 1.165) is 44.0 Å². The summed E-state index contributed by atoms with van der Waals surface area (Å²) >= 11 is 0. The van der Waals surface area contributed by atoms with Gasteiger partial charge in [-0.15, -0.1) is 0 Å². The smallest absolute Gasteiger partial charge is 0.316 e. The first kappa shape index (κ1) is 15.5. The molecular weight excluding hydrogens is 296 g/mol. The molecule has 122 valence electrons. The van der Waals surface area contributed by atoms with Crippen LogP contribution >= 0.6 is 0 Å². The molecule has 23 heavy (non-hydrogen) atoms. The molecule has 1 aliphatic heterocycles. The lowest BCUT2D eigenvalue weighted by molar-refractivity contribution is 0.0910. The van der Waals surface area contributed by atoms with Gasteiger partial charge in [0.2, 0.25) is 5.82 Å². The molecule has 3 rings (SSSR count). The van der Waals surface area contributed by atoms with Gasteiger partial charge in [0, 0.05) is 30.9 Å². The number of benzene rings is 1. The summed E-state index contributed by atoms with van der Waals surface area (Å²) in [5, 5.41) is 6.59. The number of hydrogen-bond donors (Lipinski definition) is 1. The molecule has 1 aromatic carbocycles. The van der Waals surface area contributed by atoms with Crippen LogP contribution in [0.1, 0.15) is 24.0 Å². The summed E-state index contributed by atoms with van der Waals surface area (Å²) in [4.78, 5) is 18.2. The van der Waals surface area contributed by atoms with E-state index in [1.54, 1.807) is 0 Å². The molecule has 1 fully saturated rings. The Kier molecular flexibility index (Phi) is 4.87. The molecule has 7 nitrogen and oxygen atoms in total. The van der Waals surface area contributed by atoms with Gasteiger partial charge in [-0.1, -0.05) is 12.1 Å². The minimum atomic E-state index is -0.337. The van der Waals surface area contributed by atoms with Gasteiger partial charge in [0.25, 0.3) is 0 Å². The number of carbonyl (C=O) groups excluding carboxylic acids is 1. The highest BCUT2D eigenvalue weighted by atomic mass is 16.5. The van der Waals surface area contributed by atoms with Crippen LogP contribution in [-0.2, 0) is 4.74 Å². The molecule has 1 saturated heterocycles. The summed E-state index contributed by atoms with van der Waals surface area (Å²) in [6.45, 7) is 5.86. The summed E-state index contributed by atoms with van der Waals surface area (Å²) in [5.41, 5.74) is 1.96. The van der Waals surface area contributed by atoms with Crippen LogP contribution in [0.2, 0.25) is 0 Å². The second kappa shape index (κ2) is 7.23. The van der Waals surface area contributed by atoms with E-state index in [0.29, 0.717) is 12.4 Å². The molecule has 2 aromatic rings. The first-order valence-electron chi connectivity index (χ1n) is 7.83. The Hall–Kier alpha value is -2.41. The fourth-order valence-electron chi connectivity index (χ4n) is 2.39. The highest BCUT2D eigenvalue weighted by molar-refractivity contribution is 5.89. The molecule has 1 N–H and O–H groups in total. The van der Waals surface area contributed by atoms with Crippen molar-refractivity contribution >= 4 is 11.6 Å². The van der Waals surface area contributed by atoms with E-state index in [1.807, 2.05) is 31.2 Å². The van der Waals surface area contributed by atoms with Crippen molar-refractivity contribution in [2.75, 3.05) is 37.7 Å². The Balaban J connectivity index is 1.69. The Morgan fingerprint density at radius 2 is 2.00 bits per heavy atom. The number of carbonyl (C=O) groups is 1. The van der Waals surface area contributed by atoms with Gasteiger partial charge in [0.15, 0.2) is 0 Å². The molecule has 0 spiro atoms. The van der Waals surface area contributed by atoms with Crippen LogP contribution in [0.5, 0.6) is 0 Å². The van der Waals surface area contributed by atoms with Gasteiger partial charge in [-0.2, -0.15) is 4.98 Å². The van der Waals surface area contributed by atoms with E-state index in [9.17, 15) is 4.79 Å². The second-order valence-corrected chi connectivity index (χ2v) is 5.33. The van der Waals surface area contributed by atoms with E-state index in [2.05, 4.69) is 20.4 Å². The second-order valence-electron chi connectivity index (χ2n) is 5.33. The third-order valence-electron chi connectivity index (χ3n) is 3.66. The molecule has 0 unspecified atom stereocenters. The summed E-state index contributed by atoms with van der Waals surface area (Å²) in [6, 6.07) is 7.91. The first-order chi connectivity index (χ1) is 11.3. The van der Waals surface area contributed by atoms with Crippen molar-refractivity contribution < 1.29 is 14.1 Å². The third-order valence-corrected chi connectivity index (χ3v) is 3.66. The Bertz CT molecular complexity index is 648. The van der Waals surface area contributed by atoms with Crippen LogP contribution in [0, 0.1) is 0 Å². The van der Waals surface area contributed by atoms with Gasteiger partial charge in [-0.05, 0) is 30.7 Å². The van der Waals surface area contributed by atoms with Gasteiger partial charge < -0.3 is 19.5 Å². The summed E-state index contributed by atoms with van der Waals surface area (Å²) in [5.74, 6) is 0.0708. The number of aromatic nitrogens is 2. The number of nitrogens with one attached hydrogen (secondary N) is 1. The number of ether oxygens (including phenoxy) is 1. The van der Waals surface area contributed by atoms with Crippen molar-refractivity contribution in [3.63, 3.8) is 0 Å². The van der Waals surface area contributed by atoms with Crippen LogP contribution in [-0.4, -0.2) is 48.9 Å². The summed E-state index contributed by atoms with van der Waals surface area (Å²) in [7, 11) is 0. The third kappa shape index (κ3) is 3.68. The lowest BCUT2D eigenvalue weighted by atomic mass is 10.2. The topological polar surface area (TPSA) is 80.5 Å². The quantitative estimate of drug-likeness (QED) is 0.904. The van der Waals surface area contributed by atoms with E-state index >= 15 is 0 Å². The Labute approximate surface area is 134 Å². The highest BCUT2D eigenvalue weighted by Gasteiger charge is 2.16. The molecule has 7 heteroatoms. The van der Waals surface area contributed by atoms with Crippen molar-refractivity contribution in [3.8, 4) is 11.4 Å². The molecule has 0 aliphatic carbocycles. The standard InChI is InChI=1S/C16H20N4O3/c1-2-7-17-15(21)16-18-14(19-23-16)12-3-5-13(6-4-12)20-8-10-22-11-9-20/h3-6H,2,7-11H2,1H3,(H,17,21). The molecule has 1 aromatic heterocycles. The molecule has 1 aliphatic rings. The van der Waals surface area contributed by atoms with Gasteiger partial charge in [-0.3, -0.25) is 4.79 Å². The zero-order chi connectivity index (χ0) is 16.1. The first-order valence-corrected chi connectivity index (χ1v) is 7.83. The minimum absolute atomic E-state index is 0.00861. The van der Waals surface area contributed by atoms with Crippen LogP contribution < -0.4 is 10.2 Å². The average molecular weight is 316 g/mol. The predicted molar refractivity (Wildman–Crippen MR) is 85.4 cm³/mol. The fourth-order valence-corrected chi connectivity index (χ4v) is 2.39. The number of morpholine rings is 1. The largest absolute Gasteiger partial charge is 0.378 e.